The third-order valence-electron chi connectivity index (χ3n) is 4.62. The summed E-state index contributed by atoms with van der Waals surface area (Å²) in [5.41, 5.74) is 2.93. The SMILES string of the molecule is CCNC(=NCc1ccc(OC)c(OC(F)F)c1)NCCc1ccc(-n2cccn2)cc1.I. The lowest BCUT2D eigenvalue weighted by Gasteiger charge is -2.13. The first-order valence-electron chi connectivity index (χ1n) is 10.3. The summed E-state index contributed by atoms with van der Waals surface area (Å²) in [5, 5.41) is 10.7. The Morgan fingerprint density at radius 3 is 2.48 bits per heavy atom. The smallest absolute Gasteiger partial charge is 0.387 e. The van der Waals surface area contributed by atoms with Crippen molar-refractivity contribution >= 4 is 29.9 Å². The van der Waals surface area contributed by atoms with Crippen LogP contribution in [0.15, 0.2) is 65.9 Å². The largest absolute Gasteiger partial charge is 0.493 e. The third-order valence-corrected chi connectivity index (χ3v) is 4.62. The Labute approximate surface area is 209 Å². The Morgan fingerprint density at radius 1 is 1.09 bits per heavy atom. The van der Waals surface area contributed by atoms with Crippen molar-refractivity contribution in [1.82, 2.24) is 20.4 Å². The lowest BCUT2D eigenvalue weighted by molar-refractivity contribution is -0.0512. The van der Waals surface area contributed by atoms with Crippen LogP contribution in [0.4, 0.5) is 8.78 Å². The maximum absolute atomic E-state index is 12.6. The van der Waals surface area contributed by atoms with Gasteiger partial charge in [0.15, 0.2) is 17.5 Å². The summed E-state index contributed by atoms with van der Waals surface area (Å²) in [7, 11) is 1.41. The van der Waals surface area contributed by atoms with E-state index >= 15 is 0 Å². The van der Waals surface area contributed by atoms with E-state index in [1.54, 1.807) is 18.3 Å². The lowest BCUT2D eigenvalue weighted by Crippen LogP contribution is -2.38. The van der Waals surface area contributed by atoms with E-state index in [2.05, 4.69) is 37.6 Å². The number of guanidine groups is 1. The van der Waals surface area contributed by atoms with Crippen molar-refractivity contribution in [1.29, 1.82) is 0 Å². The molecule has 0 bridgehead atoms. The molecular weight excluding hydrogens is 543 g/mol. The first kappa shape index (κ1) is 26.4. The fraction of sp³-hybridized carbons (Fsp3) is 0.304. The number of rotatable bonds is 10. The molecule has 7 nitrogen and oxygen atoms in total. The molecular formula is C23H28F2IN5O2. The number of hydrogen-bond donors (Lipinski definition) is 2. The number of nitrogens with one attached hydrogen (secondary N) is 2. The summed E-state index contributed by atoms with van der Waals surface area (Å²) < 4.78 is 36.7. The second-order valence-corrected chi connectivity index (χ2v) is 6.85. The molecule has 0 saturated heterocycles. The van der Waals surface area contributed by atoms with Gasteiger partial charge in [-0.15, -0.1) is 24.0 Å². The lowest BCUT2D eigenvalue weighted by atomic mass is 10.1. The molecule has 2 aromatic carbocycles. The number of alkyl halides is 2. The molecule has 0 spiro atoms. The van der Waals surface area contributed by atoms with Gasteiger partial charge in [0.05, 0.1) is 19.3 Å². The van der Waals surface area contributed by atoms with E-state index in [9.17, 15) is 8.78 Å². The summed E-state index contributed by atoms with van der Waals surface area (Å²) in [4.78, 5) is 4.54. The molecule has 0 fully saturated rings. The molecule has 1 heterocycles. The highest BCUT2D eigenvalue weighted by molar-refractivity contribution is 14.0. The molecule has 33 heavy (non-hydrogen) atoms. The maximum Gasteiger partial charge on any atom is 0.387 e. The van der Waals surface area contributed by atoms with Gasteiger partial charge >= 0.3 is 6.61 Å². The molecule has 0 unspecified atom stereocenters. The zero-order valence-corrected chi connectivity index (χ0v) is 20.8. The molecule has 3 aromatic rings. The minimum absolute atomic E-state index is 0. The summed E-state index contributed by atoms with van der Waals surface area (Å²) >= 11 is 0. The first-order valence-corrected chi connectivity index (χ1v) is 10.3. The van der Waals surface area contributed by atoms with Crippen molar-refractivity contribution in [2.45, 2.75) is 26.5 Å². The number of benzene rings is 2. The fourth-order valence-electron chi connectivity index (χ4n) is 3.08. The molecule has 0 atom stereocenters. The van der Waals surface area contributed by atoms with E-state index < -0.39 is 6.61 Å². The molecule has 10 heteroatoms. The molecule has 178 valence electrons. The zero-order valence-electron chi connectivity index (χ0n) is 18.5. The quantitative estimate of drug-likeness (QED) is 0.215. The fourth-order valence-corrected chi connectivity index (χ4v) is 3.08. The van der Waals surface area contributed by atoms with Crippen molar-refractivity contribution in [3.8, 4) is 17.2 Å². The van der Waals surface area contributed by atoms with Crippen molar-refractivity contribution < 1.29 is 18.3 Å². The summed E-state index contributed by atoms with van der Waals surface area (Å²) in [6.45, 7) is 0.752. The van der Waals surface area contributed by atoms with E-state index in [1.165, 1.54) is 18.7 Å². The summed E-state index contributed by atoms with van der Waals surface area (Å²) in [5.74, 6) is 0.890. The maximum atomic E-state index is 12.6. The topological polar surface area (TPSA) is 72.7 Å². The van der Waals surface area contributed by atoms with Crippen LogP contribution in [-0.2, 0) is 13.0 Å². The van der Waals surface area contributed by atoms with Gasteiger partial charge in [-0.05, 0) is 54.8 Å². The number of nitrogens with zero attached hydrogens (tertiary/aromatic N) is 3. The highest BCUT2D eigenvalue weighted by atomic mass is 127. The zero-order chi connectivity index (χ0) is 22.8. The molecule has 0 saturated carbocycles. The number of aromatic nitrogens is 2. The second kappa shape index (κ2) is 13.6. The van der Waals surface area contributed by atoms with Gasteiger partial charge in [-0.3, -0.25) is 0 Å². The average molecular weight is 571 g/mol. The van der Waals surface area contributed by atoms with Gasteiger partial charge in [0.2, 0.25) is 0 Å². The van der Waals surface area contributed by atoms with Gasteiger partial charge in [0, 0.05) is 25.5 Å². The van der Waals surface area contributed by atoms with Gasteiger partial charge in [-0.2, -0.15) is 13.9 Å². The van der Waals surface area contributed by atoms with Crippen molar-refractivity contribution in [3.05, 3.63) is 72.1 Å². The molecule has 0 amide bonds. The van der Waals surface area contributed by atoms with Crippen LogP contribution in [0.2, 0.25) is 0 Å². The van der Waals surface area contributed by atoms with Crippen LogP contribution >= 0.6 is 24.0 Å². The van der Waals surface area contributed by atoms with E-state index in [1.807, 2.05) is 36.0 Å². The van der Waals surface area contributed by atoms with Crippen molar-refractivity contribution in [2.75, 3.05) is 20.2 Å². The Morgan fingerprint density at radius 2 is 1.85 bits per heavy atom. The average Bonchev–Trinajstić information content (AvgIpc) is 3.33. The van der Waals surface area contributed by atoms with Crippen LogP contribution in [-0.4, -0.2) is 42.6 Å². The van der Waals surface area contributed by atoms with Gasteiger partial charge in [-0.1, -0.05) is 18.2 Å². The van der Waals surface area contributed by atoms with Crippen LogP contribution in [0.3, 0.4) is 0 Å². The predicted octanol–water partition coefficient (Wildman–Crippen LogP) is 4.40. The van der Waals surface area contributed by atoms with E-state index in [0.717, 1.165) is 17.7 Å². The van der Waals surface area contributed by atoms with Crippen LogP contribution < -0.4 is 20.1 Å². The normalized spacial score (nSPS) is 11.1. The predicted molar refractivity (Wildman–Crippen MR) is 135 cm³/mol. The number of hydrogen-bond acceptors (Lipinski definition) is 4. The monoisotopic (exact) mass is 571 g/mol. The van der Waals surface area contributed by atoms with Crippen LogP contribution in [0.5, 0.6) is 11.5 Å². The Kier molecular flexibility index (Phi) is 10.9. The van der Waals surface area contributed by atoms with Gasteiger partial charge in [0.25, 0.3) is 0 Å². The number of aliphatic imine (C=N–C) groups is 1. The molecule has 0 aliphatic heterocycles. The van der Waals surface area contributed by atoms with Crippen LogP contribution in [0.25, 0.3) is 5.69 Å². The Bertz CT molecular complexity index is 999. The molecule has 0 aliphatic carbocycles. The van der Waals surface area contributed by atoms with Crippen LogP contribution in [0, 0.1) is 0 Å². The highest BCUT2D eigenvalue weighted by Crippen LogP contribution is 2.29. The molecule has 0 aliphatic rings. The molecule has 0 radical (unpaired) electrons. The van der Waals surface area contributed by atoms with Gasteiger partial charge in [0.1, 0.15) is 0 Å². The standard InChI is InChI=1S/C23H27F2N5O2.HI/c1-3-26-23(28-16-18-7-10-20(31-2)21(15-18)32-22(24)25)27-13-11-17-5-8-19(9-6-17)30-14-4-12-29-30;/h4-10,12,14-15,22H,3,11,13,16H2,1-2H3,(H2,26,27,28);1H. The molecule has 2 N–H and O–H groups in total. The number of ether oxygens (including phenoxy) is 2. The Hall–Kier alpha value is -2.89. The van der Waals surface area contributed by atoms with Crippen LogP contribution in [0.1, 0.15) is 18.1 Å². The highest BCUT2D eigenvalue weighted by Gasteiger charge is 2.11. The molecule has 1 aromatic heterocycles. The van der Waals surface area contributed by atoms with Gasteiger partial charge < -0.3 is 20.1 Å². The van der Waals surface area contributed by atoms with E-state index in [4.69, 9.17) is 4.74 Å². The van der Waals surface area contributed by atoms with Crippen molar-refractivity contribution in [2.24, 2.45) is 4.99 Å². The first-order chi connectivity index (χ1) is 15.6. The second-order valence-electron chi connectivity index (χ2n) is 6.85. The van der Waals surface area contributed by atoms with Gasteiger partial charge in [-0.25, -0.2) is 9.67 Å². The van der Waals surface area contributed by atoms with Crippen molar-refractivity contribution in [3.63, 3.8) is 0 Å². The Balaban J connectivity index is 0.00000385. The summed E-state index contributed by atoms with van der Waals surface area (Å²) in [6, 6.07) is 15.0. The number of halogens is 3. The number of methoxy groups -OCH3 is 1. The minimum atomic E-state index is -2.92. The third kappa shape index (κ3) is 8.19. The molecule has 3 rings (SSSR count). The van der Waals surface area contributed by atoms with E-state index in [0.29, 0.717) is 25.6 Å². The summed E-state index contributed by atoms with van der Waals surface area (Å²) in [6.07, 6.45) is 4.47. The minimum Gasteiger partial charge on any atom is -0.493 e. The van der Waals surface area contributed by atoms with E-state index in [-0.39, 0.29) is 35.5 Å².